The van der Waals surface area contributed by atoms with Crippen molar-refractivity contribution in [3.05, 3.63) is 0 Å². The number of piperidine rings is 1. The lowest BCUT2D eigenvalue weighted by molar-refractivity contribution is 0.188. The van der Waals surface area contributed by atoms with Crippen LogP contribution in [0, 0.1) is 5.92 Å². The van der Waals surface area contributed by atoms with Crippen LogP contribution in [0.2, 0.25) is 0 Å². The van der Waals surface area contributed by atoms with Crippen molar-refractivity contribution in [2.45, 2.75) is 77.0 Å². The molecule has 1 aliphatic heterocycles. The average Bonchev–Trinajstić information content (AvgIpc) is 2.68. The molecule has 2 rings (SSSR count). The van der Waals surface area contributed by atoms with Crippen LogP contribution in [-0.2, 0) is 10.8 Å². The number of nitrogens with zero attached hydrogens (tertiary/aromatic N) is 2. The van der Waals surface area contributed by atoms with Gasteiger partial charge in [0.1, 0.15) is 0 Å². The molecular formula is C20H41IN4OS. The molecule has 2 fully saturated rings. The maximum Gasteiger partial charge on any atom is 0.191 e. The van der Waals surface area contributed by atoms with Crippen LogP contribution in [0.1, 0.15) is 65.7 Å². The van der Waals surface area contributed by atoms with E-state index >= 15 is 0 Å². The van der Waals surface area contributed by atoms with Crippen LogP contribution in [-0.4, -0.2) is 64.8 Å². The second kappa shape index (κ2) is 14.1. The third-order valence-corrected chi connectivity index (χ3v) is 7.67. The van der Waals surface area contributed by atoms with E-state index in [9.17, 15) is 4.21 Å². The van der Waals surface area contributed by atoms with Gasteiger partial charge in [-0.2, -0.15) is 0 Å². The topological polar surface area (TPSA) is 56.7 Å². The van der Waals surface area contributed by atoms with Crippen molar-refractivity contribution in [2.24, 2.45) is 10.9 Å². The minimum Gasteiger partial charge on any atom is -0.357 e. The third kappa shape index (κ3) is 8.98. The van der Waals surface area contributed by atoms with Gasteiger partial charge in [-0.25, -0.2) is 0 Å². The van der Waals surface area contributed by atoms with Crippen LogP contribution in [0.25, 0.3) is 0 Å². The Morgan fingerprint density at radius 1 is 1.15 bits per heavy atom. The van der Waals surface area contributed by atoms with Gasteiger partial charge in [-0.15, -0.1) is 24.0 Å². The zero-order valence-corrected chi connectivity index (χ0v) is 20.7. The van der Waals surface area contributed by atoms with Crippen LogP contribution in [0.3, 0.4) is 0 Å². The first-order chi connectivity index (χ1) is 12.7. The molecule has 3 unspecified atom stereocenters. The quantitative estimate of drug-likeness (QED) is 0.298. The Labute approximate surface area is 186 Å². The molecule has 27 heavy (non-hydrogen) atoms. The first-order valence-corrected chi connectivity index (χ1v) is 12.2. The lowest BCUT2D eigenvalue weighted by Crippen LogP contribution is -2.46. The molecule has 3 atom stereocenters. The molecule has 1 saturated heterocycles. The minimum atomic E-state index is -0.670. The summed E-state index contributed by atoms with van der Waals surface area (Å²) in [6, 6.07) is 0.412. The van der Waals surface area contributed by atoms with E-state index in [1.807, 2.05) is 6.92 Å². The Kier molecular flexibility index (Phi) is 13.2. The molecule has 160 valence electrons. The Hall–Kier alpha value is 0.110. The van der Waals surface area contributed by atoms with Crippen molar-refractivity contribution >= 4 is 40.7 Å². The predicted octanol–water partition coefficient (Wildman–Crippen LogP) is 3.36. The zero-order chi connectivity index (χ0) is 18.8. The number of likely N-dealkylation sites (tertiary alicyclic amines) is 1. The van der Waals surface area contributed by atoms with Crippen molar-refractivity contribution in [1.82, 2.24) is 15.5 Å². The Morgan fingerprint density at radius 3 is 2.52 bits per heavy atom. The van der Waals surface area contributed by atoms with E-state index in [1.54, 1.807) is 0 Å². The first kappa shape index (κ1) is 25.1. The van der Waals surface area contributed by atoms with E-state index in [2.05, 4.69) is 29.4 Å². The Morgan fingerprint density at radius 2 is 1.89 bits per heavy atom. The van der Waals surface area contributed by atoms with Crippen LogP contribution in [0.5, 0.6) is 0 Å². The van der Waals surface area contributed by atoms with E-state index in [-0.39, 0.29) is 24.0 Å². The highest BCUT2D eigenvalue weighted by molar-refractivity contribution is 14.0. The van der Waals surface area contributed by atoms with Crippen molar-refractivity contribution < 1.29 is 4.21 Å². The van der Waals surface area contributed by atoms with Gasteiger partial charge in [0.25, 0.3) is 0 Å². The van der Waals surface area contributed by atoms with E-state index in [4.69, 9.17) is 4.99 Å². The summed E-state index contributed by atoms with van der Waals surface area (Å²) in [7, 11) is -0.670. The number of halogens is 1. The summed E-state index contributed by atoms with van der Waals surface area (Å²) in [5, 5.41) is 7.37. The number of hydrogen-bond donors (Lipinski definition) is 2. The van der Waals surface area contributed by atoms with Crippen molar-refractivity contribution in [2.75, 3.05) is 38.5 Å². The molecule has 1 heterocycles. The highest BCUT2D eigenvalue weighted by Crippen LogP contribution is 2.23. The molecule has 1 saturated carbocycles. The Bertz CT molecular complexity index is 455. The van der Waals surface area contributed by atoms with Gasteiger partial charge in [-0.3, -0.25) is 9.20 Å². The molecular weight excluding hydrogens is 471 g/mol. The van der Waals surface area contributed by atoms with Gasteiger partial charge in [0.2, 0.25) is 0 Å². The summed E-state index contributed by atoms with van der Waals surface area (Å²) in [6.45, 7) is 11.9. The van der Waals surface area contributed by atoms with Crippen LogP contribution in [0.4, 0.5) is 0 Å². The number of aliphatic imine (C=N–C) groups is 1. The second-order valence-corrected chi connectivity index (χ2v) is 9.73. The van der Waals surface area contributed by atoms with Crippen molar-refractivity contribution in [1.29, 1.82) is 0 Å². The summed E-state index contributed by atoms with van der Waals surface area (Å²) in [5.41, 5.74) is 0. The summed E-state index contributed by atoms with van der Waals surface area (Å²) >= 11 is 0. The largest absolute Gasteiger partial charge is 0.357 e. The molecule has 2 N–H and O–H groups in total. The lowest BCUT2D eigenvalue weighted by atomic mass is 9.94. The molecule has 0 radical (unpaired) electrons. The van der Waals surface area contributed by atoms with Crippen LogP contribution >= 0.6 is 24.0 Å². The fourth-order valence-electron chi connectivity index (χ4n) is 4.21. The van der Waals surface area contributed by atoms with Gasteiger partial charge < -0.3 is 15.5 Å². The number of guanidine groups is 1. The molecule has 0 aromatic rings. The highest BCUT2D eigenvalue weighted by Gasteiger charge is 2.26. The maximum atomic E-state index is 12.1. The molecule has 0 aromatic carbocycles. The molecule has 5 nitrogen and oxygen atoms in total. The van der Waals surface area contributed by atoms with Crippen molar-refractivity contribution in [3.63, 3.8) is 0 Å². The molecule has 0 aromatic heterocycles. The molecule has 7 heteroatoms. The maximum absolute atomic E-state index is 12.1. The molecule has 0 bridgehead atoms. The van der Waals surface area contributed by atoms with E-state index in [0.29, 0.717) is 11.3 Å². The summed E-state index contributed by atoms with van der Waals surface area (Å²) in [6.07, 6.45) is 8.30. The van der Waals surface area contributed by atoms with Gasteiger partial charge in [0.05, 0.1) is 0 Å². The predicted molar refractivity (Wildman–Crippen MR) is 129 cm³/mol. The van der Waals surface area contributed by atoms with Crippen LogP contribution < -0.4 is 10.6 Å². The smallest absolute Gasteiger partial charge is 0.191 e. The lowest BCUT2D eigenvalue weighted by Gasteiger charge is -2.31. The van der Waals surface area contributed by atoms with Gasteiger partial charge in [0.15, 0.2) is 5.96 Å². The fraction of sp³-hybridized carbons (Fsp3) is 0.950. The number of rotatable bonds is 8. The first-order valence-electron chi connectivity index (χ1n) is 10.8. The molecule has 1 aliphatic carbocycles. The van der Waals surface area contributed by atoms with Gasteiger partial charge in [-0.1, -0.05) is 20.3 Å². The monoisotopic (exact) mass is 512 g/mol. The number of nitrogens with one attached hydrogen (secondary N) is 2. The van der Waals surface area contributed by atoms with Crippen LogP contribution in [0.15, 0.2) is 4.99 Å². The summed E-state index contributed by atoms with van der Waals surface area (Å²) in [4.78, 5) is 7.38. The summed E-state index contributed by atoms with van der Waals surface area (Å²) < 4.78 is 12.1. The van der Waals surface area contributed by atoms with Gasteiger partial charge in [-0.05, 0) is 71.0 Å². The SMILES string of the molecule is CCNC(=NCCC1CCN(CC)CC1)NC1CCCC(S(=O)CC)C1.I. The standard InChI is InChI=1S/C20H40N4OS.HI/c1-4-21-20(22-13-10-17-11-14-24(5-2)15-12-17)23-18-8-7-9-19(16-18)26(25)6-3;/h17-19H,4-16H2,1-3H3,(H2,21,22,23);1H. The third-order valence-electron chi connectivity index (χ3n) is 5.93. The highest BCUT2D eigenvalue weighted by atomic mass is 127. The number of hydrogen-bond acceptors (Lipinski definition) is 3. The Balaban J connectivity index is 0.00000364. The van der Waals surface area contributed by atoms with E-state index < -0.39 is 10.8 Å². The molecule has 0 spiro atoms. The molecule has 0 amide bonds. The van der Waals surface area contributed by atoms with Gasteiger partial charge >= 0.3 is 0 Å². The van der Waals surface area contributed by atoms with E-state index in [1.165, 1.54) is 45.3 Å². The normalized spacial score (nSPS) is 26.3. The molecule has 2 aliphatic rings. The fourth-order valence-corrected chi connectivity index (χ4v) is 5.56. The minimum absolute atomic E-state index is 0. The van der Waals surface area contributed by atoms with E-state index in [0.717, 1.165) is 50.0 Å². The average molecular weight is 513 g/mol. The van der Waals surface area contributed by atoms with Crippen molar-refractivity contribution in [3.8, 4) is 0 Å². The van der Waals surface area contributed by atoms with Gasteiger partial charge in [0, 0.05) is 40.9 Å². The zero-order valence-electron chi connectivity index (χ0n) is 17.5. The summed E-state index contributed by atoms with van der Waals surface area (Å²) in [5.74, 6) is 2.56. The second-order valence-electron chi connectivity index (χ2n) is 7.73.